The zero-order valence-corrected chi connectivity index (χ0v) is 23.7. The Bertz CT molecular complexity index is 1420. The number of hydrogen-bond acceptors (Lipinski definition) is 9. The van der Waals surface area contributed by atoms with E-state index in [0.29, 0.717) is 29.4 Å². The Balaban J connectivity index is 1.90. The van der Waals surface area contributed by atoms with Crippen LogP contribution in [0.5, 0.6) is 11.5 Å². The van der Waals surface area contributed by atoms with E-state index >= 15 is 0 Å². The number of nitrogen functional groups attached to an aromatic ring is 1. The maximum Gasteiger partial charge on any atom is 0.273 e. The van der Waals surface area contributed by atoms with E-state index in [1.807, 2.05) is 19.9 Å². The Morgan fingerprint density at radius 2 is 1.93 bits per heavy atom. The summed E-state index contributed by atoms with van der Waals surface area (Å²) in [6, 6.07) is 9.35. The van der Waals surface area contributed by atoms with Crippen molar-refractivity contribution in [3.05, 3.63) is 63.7 Å². The molecule has 3 aromatic rings. The molecule has 2 aromatic carbocycles. The Morgan fingerprint density at radius 1 is 1.18 bits per heavy atom. The Labute approximate surface area is 236 Å². The minimum Gasteiger partial charge on any atom is -0.493 e. The SMILES string of the molecule is COc1ccc([C@H](C(=O)NC[C@@H]2CCCO2)N(C(=O)c2snc(C(N)=O)c2N)c2cccc(C)c2C)cc1OC. The van der Waals surface area contributed by atoms with Crippen molar-refractivity contribution in [1.29, 1.82) is 0 Å². The highest BCUT2D eigenvalue weighted by Gasteiger charge is 2.37. The molecule has 1 aliphatic heterocycles. The summed E-state index contributed by atoms with van der Waals surface area (Å²) < 4.78 is 20.6. The lowest BCUT2D eigenvalue weighted by Crippen LogP contribution is -2.46. The smallest absolute Gasteiger partial charge is 0.273 e. The predicted octanol–water partition coefficient (Wildman–Crippen LogP) is 3.14. The first kappa shape index (κ1) is 28.8. The fraction of sp³-hybridized carbons (Fsp3) is 0.357. The fourth-order valence-electron chi connectivity index (χ4n) is 4.66. The van der Waals surface area contributed by atoms with Crippen molar-refractivity contribution in [2.75, 3.05) is 38.0 Å². The lowest BCUT2D eigenvalue weighted by molar-refractivity contribution is -0.123. The van der Waals surface area contributed by atoms with Crippen molar-refractivity contribution < 1.29 is 28.6 Å². The molecular formula is C28H33N5O6S. The number of rotatable bonds is 10. The maximum absolute atomic E-state index is 14.3. The topological polar surface area (TPSA) is 159 Å². The van der Waals surface area contributed by atoms with Gasteiger partial charge in [-0.1, -0.05) is 18.2 Å². The van der Waals surface area contributed by atoms with Gasteiger partial charge in [0.15, 0.2) is 17.2 Å². The summed E-state index contributed by atoms with van der Waals surface area (Å²) in [6.07, 6.45) is 1.63. The highest BCUT2D eigenvalue weighted by atomic mass is 32.1. The van der Waals surface area contributed by atoms with Crippen LogP contribution in [0.15, 0.2) is 36.4 Å². The first-order valence-corrected chi connectivity index (χ1v) is 13.5. The van der Waals surface area contributed by atoms with Crippen LogP contribution in [0.3, 0.4) is 0 Å². The van der Waals surface area contributed by atoms with Crippen LogP contribution in [0.2, 0.25) is 0 Å². The van der Waals surface area contributed by atoms with Gasteiger partial charge in [-0.2, -0.15) is 4.37 Å². The highest BCUT2D eigenvalue weighted by molar-refractivity contribution is 7.09. The van der Waals surface area contributed by atoms with Crippen molar-refractivity contribution in [2.45, 2.75) is 38.8 Å². The normalized spacial score (nSPS) is 15.3. The second-order valence-corrected chi connectivity index (χ2v) is 10.2. The lowest BCUT2D eigenvalue weighted by Gasteiger charge is -2.33. The number of nitrogens with zero attached hydrogens (tertiary/aromatic N) is 2. The summed E-state index contributed by atoms with van der Waals surface area (Å²) in [5.41, 5.74) is 13.9. The van der Waals surface area contributed by atoms with Crippen LogP contribution in [0.25, 0.3) is 0 Å². The van der Waals surface area contributed by atoms with E-state index in [9.17, 15) is 14.4 Å². The third-order valence-corrected chi connectivity index (χ3v) is 7.82. The van der Waals surface area contributed by atoms with Crippen molar-refractivity contribution in [1.82, 2.24) is 9.69 Å². The first-order chi connectivity index (χ1) is 19.2. The number of benzene rings is 2. The molecule has 1 aliphatic rings. The molecule has 0 saturated carbocycles. The van der Waals surface area contributed by atoms with Crippen LogP contribution >= 0.6 is 11.5 Å². The average Bonchev–Trinajstić information content (AvgIpc) is 3.61. The average molecular weight is 568 g/mol. The second kappa shape index (κ2) is 12.3. The third kappa shape index (κ3) is 5.73. The minimum absolute atomic E-state index is 0.00731. The predicted molar refractivity (Wildman–Crippen MR) is 152 cm³/mol. The van der Waals surface area contributed by atoms with Crippen molar-refractivity contribution in [2.24, 2.45) is 5.73 Å². The number of nitrogens with one attached hydrogen (secondary N) is 1. The number of hydrogen-bond donors (Lipinski definition) is 3. The molecule has 1 fully saturated rings. The minimum atomic E-state index is -1.16. The number of ether oxygens (including phenoxy) is 3. The summed E-state index contributed by atoms with van der Waals surface area (Å²) in [5.74, 6) is -1.04. The molecule has 0 unspecified atom stereocenters. The summed E-state index contributed by atoms with van der Waals surface area (Å²) in [6.45, 7) is 4.70. The summed E-state index contributed by atoms with van der Waals surface area (Å²) in [7, 11) is 3.00. The molecule has 0 radical (unpaired) electrons. The molecule has 2 heterocycles. The van der Waals surface area contributed by atoms with Crippen molar-refractivity contribution in [3.63, 3.8) is 0 Å². The van der Waals surface area contributed by atoms with Crippen molar-refractivity contribution >= 4 is 40.6 Å². The van der Waals surface area contributed by atoms with Gasteiger partial charge in [0.2, 0.25) is 5.91 Å². The number of carbonyl (C=O) groups is 3. The Morgan fingerprint density at radius 3 is 2.55 bits per heavy atom. The van der Waals surface area contributed by atoms with E-state index in [1.165, 1.54) is 19.1 Å². The molecule has 11 nitrogen and oxygen atoms in total. The fourth-order valence-corrected chi connectivity index (χ4v) is 5.40. The van der Waals surface area contributed by atoms with E-state index in [-0.39, 0.29) is 28.9 Å². The van der Waals surface area contributed by atoms with Crippen LogP contribution in [0, 0.1) is 13.8 Å². The molecule has 0 bridgehead atoms. The zero-order chi connectivity index (χ0) is 29.0. The second-order valence-electron chi connectivity index (χ2n) is 9.43. The van der Waals surface area contributed by atoms with Crippen LogP contribution in [-0.4, -0.2) is 55.6 Å². The van der Waals surface area contributed by atoms with E-state index < -0.39 is 23.8 Å². The first-order valence-electron chi connectivity index (χ1n) is 12.7. The quantitative estimate of drug-likeness (QED) is 0.337. The number of anilines is 2. The van der Waals surface area contributed by atoms with Gasteiger partial charge in [0.05, 0.1) is 26.0 Å². The van der Waals surface area contributed by atoms with Crippen LogP contribution in [0.1, 0.15) is 55.7 Å². The number of nitrogens with two attached hydrogens (primary N) is 2. The van der Waals surface area contributed by atoms with Crippen LogP contribution in [-0.2, 0) is 9.53 Å². The summed E-state index contributed by atoms with van der Waals surface area (Å²) in [5, 5.41) is 2.97. The number of aryl methyl sites for hydroxylation is 1. The molecule has 0 spiro atoms. The Hall–Kier alpha value is -4.16. The van der Waals surface area contributed by atoms with Gasteiger partial charge in [-0.15, -0.1) is 0 Å². The Kier molecular flexibility index (Phi) is 8.90. The number of amides is 3. The van der Waals surface area contributed by atoms with E-state index in [4.69, 9.17) is 25.7 Å². The number of aromatic nitrogens is 1. The van der Waals surface area contributed by atoms with Crippen molar-refractivity contribution in [3.8, 4) is 11.5 Å². The lowest BCUT2D eigenvalue weighted by atomic mass is 9.99. The molecule has 4 rings (SSSR count). The number of carbonyl (C=O) groups excluding carboxylic acids is 3. The van der Waals surface area contributed by atoms with Gasteiger partial charge in [-0.3, -0.25) is 19.3 Å². The third-order valence-electron chi connectivity index (χ3n) is 6.97. The van der Waals surface area contributed by atoms with Gasteiger partial charge in [-0.05, 0) is 73.1 Å². The molecule has 40 heavy (non-hydrogen) atoms. The molecule has 5 N–H and O–H groups in total. The molecule has 1 aromatic heterocycles. The van der Waals surface area contributed by atoms with Crippen LogP contribution in [0.4, 0.5) is 11.4 Å². The standard InChI is InChI=1S/C28H33N5O6S/c1-15-7-5-9-19(16(15)2)33(28(36)25-22(29)23(26(30)34)32-40-25)24(27(35)31-14-18-8-6-12-39-18)17-10-11-20(37-3)21(13-17)38-4/h5,7,9-11,13,18,24H,6,8,12,14,29H2,1-4H3,(H2,30,34)(H,31,35)/t18-,24+/m0/s1. The van der Waals surface area contributed by atoms with Gasteiger partial charge in [0, 0.05) is 18.8 Å². The van der Waals surface area contributed by atoms with Gasteiger partial charge in [0.1, 0.15) is 10.9 Å². The van der Waals surface area contributed by atoms with Gasteiger partial charge >= 0.3 is 0 Å². The molecule has 212 valence electrons. The summed E-state index contributed by atoms with van der Waals surface area (Å²) in [4.78, 5) is 41.6. The van der Waals surface area contributed by atoms with Gasteiger partial charge < -0.3 is 31.0 Å². The molecule has 12 heteroatoms. The zero-order valence-electron chi connectivity index (χ0n) is 22.9. The van der Waals surface area contributed by atoms with E-state index in [2.05, 4.69) is 9.69 Å². The molecule has 3 amide bonds. The number of methoxy groups -OCH3 is 2. The number of primary amides is 1. The largest absolute Gasteiger partial charge is 0.493 e. The monoisotopic (exact) mass is 567 g/mol. The molecular weight excluding hydrogens is 534 g/mol. The van der Waals surface area contributed by atoms with Gasteiger partial charge in [0.25, 0.3) is 11.8 Å². The molecule has 1 saturated heterocycles. The molecule has 2 atom stereocenters. The van der Waals surface area contributed by atoms with Gasteiger partial charge in [-0.25, -0.2) is 0 Å². The van der Waals surface area contributed by atoms with E-state index in [0.717, 1.165) is 35.5 Å². The van der Waals surface area contributed by atoms with Crippen LogP contribution < -0.4 is 31.2 Å². The van der Waals surface area contributed by atoms with E-state index in [1.54, 1.807) is 30.3 Å². The highest BCUT2D eigenvalue weighted by Crippen LogP contribution is 2.38. The molecule has 0 aliphatic carbocycles. The summed E-state index contributed by atoms with van der Waals surface area (Å²) >= 11 is 0.754. The maximum atomic E-state index is 14.3.